The Morgan fingerprint density at radius 1 is 1.09 bits per heavy atom. The Bertz CT molecular complexity index is 368. The second-order valence-electron chi connectivity index (χ2n) is 6.73. The molecule has 0 unspecified atom stereocenters. The minimum Gasteiger partial charge on any atom is -0.390 e. The van der Waals surface area contributed by atoms with E-state index in [1.165, 1.54) is 12.8 Å². The molecule has 0 aromatic heterocycles. The third-order valence-electron chi connectivity index (χ3n) is 5.19. The maximum absolute atomic E-state index is 12.3. The molecule has 3 rings (SSSR count). The number of nitrogens with zero attached hydrogens (tertiary/aromatic N) is 3. The van der Waals surface area contributed by atoms with Crippen molar-refractivity contribution in [2.24, 2.45) is 0 Å². The molecule has 3 aliphatic rings. The van der Waals surface area contributed by atoms with E-state index in [-0.39, 0.29) is 18.1 Å². The molecule has 3 saturated heterocycles. The first-order chi connectivity index (χ1) is 10.7. The van der Waals surface area contributed by atoms with Crippen LogP contribution in [0.1, 0.15) is 25.7 Å². The largest absolute Gasteiger partial charge is 0.390 e. The Morgan fingerprint density at radius 3 is 2.55 bits per heavy atom. The Labute approximate surface area is 133 Å². The van der Waals surface area contributed by atoms with Crippen LogP contribution in [0.5, 0.6) is 0 Å². The molecule has 6 heteroatoms. The fourth-order valence-corrected chi connectivity index (χ4v) is 3.84. The first kappa shape index (κ1) is 16.2. The van der Waals surface area contributed by atoms with E-state index in [0.717, 1.165) is 52.4 Å². The number of ether oxygens (including phenoxy) is 1. The fourth-order valence-electron chi connectivity index (χ4n) is 3.84. The van der Waals surface area contributed by atoms with E-state index in [2.05, 4.69) is 9.80 Å². The number of likely N-dealkylation sites (tertiary alicyclic amines) is 2. The third-order valence-corrected chi connectivity index (χ3v) is 5.19. The van der Waals surface area contributed by atoms with Crippen LogP contribution in [0.15, 0.2) is 0 Å². The van der Waals surface area contributed by atoms with Crippen LogP contribution in [-0.2, 0) is 9.53 Å². The highest BCUT2D eigenvalue weighted by Gasteiger charge is 2.38. The normalized spacial score (nSPS) is 31.0. The Balaban J connectivity index is 1.38. The summed E-state index contributed by atoms with van der Waals surface area (Å²) >= 11 is 0. The topological polar surface area (TPSA) is 56.3 Å². The van der Waals surface area contributed by atoms with Gasteiger partial charge in [0.05, 0.1) is 25.4 Å². The van der Waals surface area contributed by atoms with Gasteiger partial charge < -0.3 is 14.7 Å². The van der Waals surface area contributed by atoms with Gasteiger partial charge in [0.25, 0.3) is 0 Å². The molecule has 1 amide bonds. The third kappa shape index (κ3) is 3.98. The molecule has 126 valence electrons. The van der Waals surface area contributed by atoms with Gasteiger partial charge in [-0.05, 0) is 38.9 Å². The van der Waals surface area contributed by atoms with Gasteiger partial charge in [-0.2, -0.15) is 0 Å². The van der Waals surface area contributed by atoms with Gasteiger partial charge >= 0.3 is 0 Å². The Hall–Kier alpha value is -0.690. The van der Waals surface area contributed by atoms with E-state index in [4.69, 9.17) is 4.74 Å². The lowest BCUT2D eigenvalue weighted by molar-refractivity contribution is -0.130. The Morgan fingerprint density at radius 2 is 1.82 bits per heavy atom. The molecule has 0 bridgehead atoms. The fraction of sp³-hybridized carbons (Fsp3) is 0.938. The summed E-state index contributed by atoms with van der Waals surface area (Å²) in [6.07, 6.45) is 3.56. The number of aliphatic hydroxyl groups excluding tert-OH is 1. The van der Waals surface area contributed by atoms with Crippen molar-refractivity contribution in [1.29, 1.82) is 0 Å². The number of hydrogen-bond acceptors (Lipinski definition) is 5. The molecule has 0 saturated carbocycles. The molecule has 0 aromatic rings. The number of rotatable bonds is 5. The zero-order valence-electron chi connectivity index (χ0n) is 13.5. The predicted octanol–water partition coefficient (Wildman–Crippen LogP) is -0.234. The summed E-state index contributed by atoms with van der Waals surface area (Å²) in [5.41, 5.74) is 0. The monoisotopic (exact) mass is 311 g/mol. The number of carbonyl (C=O) groups is 1. The molecular formula is C16H29N3O3. The zero-order valence-corrected chi connectivity index (χ0v) is 13.5. The van der Waals surface area contributed by atoms with E-state index in [0.29, 0.717) is 19.5 Å². The number of amides is 1. The summed E-state index contributed by atoms with van der Waals surface area (Å²) in [6.45, 7) is 7.91. The average Bonchev–Trinajstić information content (AvgIpc) is 3.17. The smallest absolute Gasteiger partial charge is 0.222 e. The van der Waals surface area contributed by atoms with Crippen LogP contribution >= 0.6 is 0 Å². The predicted molar refractivity (Wildman–Crippen MR) is 83.7 cm³/mol. The van der Waals surface area contributed by atoms with Crippen LogP contribution in [0.25, 0.3) is 0 Å². The van der Waals surface area contributed by atoms with Crippen molar-refractivity contribution in [2.75, 3.05) is 59.0 Å². The lowest BCUT2D eigenvalue weighted by atomic mass is 10.2. The number of carbonyl (C=O) groups excluding carboxylic acids is 1. The lowest BCUT2D eigenvalue weighted by Gasteiger charge is -2.27. The summed E-state index contributed by atoms with van der Waals surface area (Å²) in [5, 5.41) is 10.2. The molecule has 2 atom stereocenters. The van der Waals surface area contributed by atoms with Gasteiger partial charge in [-0.25, -0.2) is 0 Å². The van der Waals surface area contributed by atoms with E-state index < -0.39 is 0 Å². The van der Waals surface area contributed by atoms with Crippen LogP contribution < -0.4 is 0 Å². The van der Waals surface area contributed by atoms with Gasteiger partial charge in [-0.15, -0.1) is 0 Å². The Kier molecular flexibility index (Phi) is 5.68. The minimum absolute atomic E-state index is 0.158. The summed E-state index contributed by atoms with van der Waals surface area (Å²) in [6, 6.07) is 0.158. The maximum atomic E-state index is 12.3. The maximum Gasteiger partial charge on any atom is 0.222 e. The number of hydrogen-bond donors (Lipinski definition) is 1. The summed E-state index contributed by atoms with van der Waals surface area (Å²) < 4.78 is 5.33. The molecular weight excluding hydrogens is 282 g/mol. The number of β-amino-alcohol motifs (C(OH)–C–C–N with tert-alkyl or cyclic N) is 1. The van der Waals surface area contributed by atoms with Gasteiger partial charge in [-0.3, -0.25) is 14.6 Å². The highest BCUT2D eigenvalue weighted by molar-refractivity contribution is 5.76. The van der Waals surface area contributed by atoms with Crippen molar-refractivity contribution in [3.05, 3.63) is 0 Å². The molecule has 0 spiro atoms. The standard InChI is InChI=1S/C16H29N3O3/c20-15-13-19(12-14(15)18-6-1-2-7-18)16(21)4-3-5-17-8-10-22-11-9-17/h14-15,20H,1-13H2/t14-,15-/m0/s1. The molecule has 6 nitrogen and oxygen atoms in total. The van der Waals surface area contributed by atoms with Crippen LogP contribution in [-0.4, -0.2) is 96.9 Å². The van der Waals surface area contributed by atoms with E-state index in [1.807, 2.05) is 4.90 Å². The van der Waals surface area contributed by atoms with Crippen molar-refractivity contribution < 1.29 is 14.6 Å². The highest BCUT2D eigenvalue weighted by atomic mass is 16.5. The van der Waals surface area contributed by atoms with E-state index in [9.17, 15) is 9.90 Å². The molecule has 0 aliphatic carbocycles. The number of aliphatic hydroxyl groups is 1. The van der Waals surface area contributed by atoms with Crippen molar-refractivity contribution in [2.45, 2.75) is 37.8 Å². The van der Waals surface area contributed by atoms with E-state index >= 15 is 0 Å². The first-order valence-electron chi connectivity index (χ1n) is 8.74. The second-order valence-corrected chi connectivity index (χ2v) is 6.73. The second kappa shape index (κ2) is 7.73. The highest BCUT2D eigenvalue weighted by Crippen LogP contribution is 2.21. The van der Waals surface area contributed by atoms with Crippen molar-refractivity contribution >= 4 is 5.91 Å². The SMILES string of the molecule is O=C(CCCN1CCOCC1)N1C[C@H](O)[C@@H](N2CCCC2)C1. The molecule has 0 aromatic carbocycles. The quantitative estimate of drug-likeness (QED) is 0.760. The summed E-state index contributed by atoms with van der Waals surface area (Å²) in [4.78, 5) is 18.9. The van der Waals surface area contributed by atoms with Crippen LogP contribution in [0.3, 0.4) is 0 Å². The molecule has 3 aliphatic heterocycles. The van der Waals surface area contributed by atoms with Crippen molar-refractivity contribution in [3.8, 4) is 0 Å². The first-order valence-corrected chi connectivity index (χ1v) is 8.74. The minimum atomic E-state index is -0.374. The molecule has 3 heterocycles. The molecule has 22 heavy (non-hydrogen) atoms. The summed E-state index contributed by atoms with van der Waals surface area (Å²) in [7, 11) is 0. The lowest BCUT2D eigenvalue weighted by Crippen LogP contribution is -2.41. The molecule has 3 fully saturated rings. The van der Waals surface area contributed by atoms with Gasteiger partial charge in [0.1, 0.15) is 0 Å². The van der Waals surface area contributed by atoms with Gasteiger partial charge in [0, 0.05) is 32.6 Å². The average molecular weight is 311 g/mol. The molecule has 0 radical (unpaired) electrons. The van der Waals surface area contributed by atoms with Gasteiger partial charge in [0.2, 0.25) is 5.91 Å². The van der Waals surface area contributed by atoms with Crippen LogP contribution in [0.2, 0.25) is 0 Å². The van der Waals surface area contributed by atoms with Crippen molar-refractivity contribution in [3.63, 3.8) is 0 Å². The van der Waals surface area contributed by atoms with Crippen LogP contribution in [0, 0.1) is 0 Å². The molecule has 1 N–H and O–H groups in total. The van der Waals surface area contributed by atoms with Crippen LogP contribution in [0.4, 0.5) is 0 Å². The number of morpholine rings is 1. The zero-order chi connectivity index (χ0) is 15.4. The van der Waals surface area contributed by atoms with Gasteiger partial charge in [-0.1, -0.05) is 0 Å². The van der Waals surface area contributed by atoms with Crippen molar-refractivity contribution in [1.82, 2.24) is 14.7 Å². The summed E-state index contributed by atoms with van der Waals surface area (Å²) in [5.74, 6) is 0.203. The van der Waals surface area contributed by atoms with Gasteiger partial charge in [0.15, 0.2) is 0 Å². The van der Waals surface area contributed by atoms with E-state index in [1.54, 1.807) is 0 Å².